The molecule has 0 aliphatic carbocycles. The molecule has 0 radical (unpaired) electrons. The summed E-state index contributed by atoms with van der Waals surface area (Å²) in [6, 6.07) is 10.3. The molecule has 0 atom stereocenters. The molecule has 2 aromatic carbocycles. The maximum atomic E-state index is 13.0. The van der Waals surface area contributed by atoms with Gasteiger partial charge in [-0.15, -0.1) is 10.2 Å². The van der Waals surface area contributed by atoms with E-state index in [1.165, 1.54) is 24.6 Å². The average Bonchev–Trinajstić information content (AvgIpc) is 3.02. The second-order valence-electron chi connectivity index (χ2n) is 4.28. The molecule has 0 N–H and O–H groups in total. The molecule has 0 amide bonds. The second-order valence-corrected chi connectivity index (χ2v) is 5.14. The summed E-state index contributed by atoms with van der Waals surface area (Å²) in [6.45, 7) is 0. The molecule has 3 rings (SSSR count). The number of hydrogen-bond acceptors (Lipinski definition) is 5. The average molecular weight is 363 g/mol. The Kier molecular flexibility index (Phi) is 3.97. The highest BCUT2D eigenvalue weighted by Gasteiger charge is 2.13. The van der Waals surface area contributed by atoms with Crippen LogP contribution in [0.2, 0.25) is 0 Å². The van der Waals surface area contributed by atoms with Gasteiger partial charge in [0.15, 0.2) is 0 Å². The number of carbonyl (C=O) groups is 1. The molecule has 0 spiro atoms. The zero-order valence-electron chi connectivity index (χ0n) is 11.0. The van der Waals surface area contributed by atoms with Gasteiger partial charge in [0.05, 0.1) is 5.56 Å². The van der Waals surface area contributed by atoms with Crippen molar-refractivity contribution in [1.82, 2.24) is 10.2 Å². The Hall–Kier alpha value is -2.54. The van der Waals surface area contributed by atoms with Crippen LogP contribution in [0, 0.1) is 5.82 Å². The second kappa shape index (κ2) is 6.07. The van der Waals surface area contributed by atoms with Crippen LogP contribution in [0.1, 0.15) is 10.4 Å². The SMILES string of the molecule is O=C(Oc1ccc(-c2nnco2)cc1)c1ccc(F)cc1Br. The number of aromatic nitrogens is 2. The van der Waals surface area contributed by atoms with Crippen LogP contribution in [0.4, 0.5) is 4.39 Å². The third-order valence-corrected chi connectivity index (χ3v) is 3.48. The minimum absolute atomic E-state index is 0.238. The summed E-state index contributed by atoms with van der Waals surface area (Å²) in [5.74, 6) is -0.298. The number of nitrogens with zero attached hydrogens (tertiary/aromatic N) is 2. The highest BCUT2D eigenvalue weighted by molar-refractivity contribution is 9.10. The van der Waals surface area contributed by atoms with Gasteiger partial charge < -0.3 is 9.15 Å². The number of ether oxygens (including phenoxy) is 1. The Morgan fingerprint density at radius 3 is 2.59 bits per heavy atom. The molecule has 110 valence electrons. The van der Waals surface area contributed by atoms with Gasteiger partial charge in [0.25, 0.3) is 0 Å². The molecule has 1 heterocycles. The number of rotatable bonds is 3. The van der Waals surface area contributed by atoms with E-state index in [4.69, 9.17) is 9.15 Å². The summed E-state index contributed by atoms with van der Waals surface area (Å²) in [7, 11) is 0. The van der Waals surface area contributed by atoms with Crippen LogP contribution in [0.25, 0.3) is 11.5 Å². The minimum Gasteiger partial charge on any atom is -0.423 e. The summed E-state index contributed by atoms with van der Waals surface area (Å²) in [5, 5.41) is 7.37. The Balaban J connectivity index is 1.77. The fraction of sp³-hybridized carbons (Fsp3) is 0. The first kappa shape index (κ1) is 14.4. The van der Waals surface area contributed by atoms with Crippen molar-refractivity contribution >= 4 is 21.9 Å². The van der Waals surface area contributed by atoms with Crippen LogP contribution in [0.3, 0.4) is 0 Å². The topological polar surface area (TPSA) is 65.2 Å². The number of benzene rings is 2. The van der Waals surface area contributed by atoms with E-state index >= 15 is 0 Å². The smallest absolute Gasteiger partial charge is 0.344 e. The van der Waals surface area contributed by atoms with Crippen molar-refractivity contribution in [2.24, 2.45) is 0 Å². The maximum absolute atomic E-state index is 13.0. The molecule has 5 nitrogen and oxygen atoms in total. The third kappa shape index (κ3) is 3.04. The lowest BCUT2D eigenvalue weighted by molar-refractivity contribution is 0.0734. The van der Waals surface area contributed by atoms with Crippen molar-refractivity contribution in [1.29, 1.82) is 0 Å². The first-order chi connectivity index (χ1) is 10.6. The Labute approximate surface area is 132 Å². The molecule has 0 fully saturated rings. The number of halogens is 2. The van der Waals surface area contributed by atoms with Gasteiger partial charge in [-0.2, -0.15) is 0 Å². The quantitative estimate of drug-likeness (QED) is 0.522. The summed E-state index contributed by atoms with van der Waals surface area (Å²) in [5.41, 5.74) is 0.947. The van der Waals surface area contributed by atoms with E-state index in [2.05, 4.69) is 26.1 Å². The van der Waals surface area contributed by atoms with Crippen LogP contribution < -0.4 is 4.74 Å². The van der Waals surface area contributed by atoms with E-state index in [1.807, 2.05) is 0 Å². The number of carbonyl (C=O) groups excluding carboxylic acids is 1. The van der Waals surface area contributed by atoms with Crippen molar-refractivity contribution in [2.75, 3.05) is 0 Å². The van der Waals surface area contributed by atoms with Gasteiger partial charge in [0, 0.05) is 10.0 Å². The fourth-order valence-electron chi connectivity index (χ4n) is 1.78. The highest BCUT2D eigenvalue weighted by atomic mass is 79.9. The van der Waals surface area contributed by atoms with Crippen molar-refractivity contribution < 1.29 is 18.3 Å². The predicted molar refractivity (Wildman–Crippen MR) is 78.8 cm³/mol. The van der Waals surface area contributed by atoms with Gasteiger partial charge in [-0.1, -0.05) is 0 Å². The van der Waals surface area contributed by atoms with Crippen molar-refractivity contribution in [3.05, 3.63) is 64.7 Å². The third-order valence-electron chi connectivity index (χ3n) is 2.82. The molecular formula is C15H8BrFN2O3. The first-order valence-corrected chi connectivity index (χ1v) is 6.96. The maximum Gasteiger partial charge on any atom is 0.344 e. The monoisotopic (exact) mass is 362 g/mol. The van der Waals surface area contributed by atoms with Crippen molar-refractivity contribution in [3.8, 4) is 17.2 Å². The van der Waals surface area contributed by atoms with Gasteiger partial charge in [-0.05, 0) is 58.4 Å². The lowest BCUT2D eigenvalue weighted by atomic mass is 10.2. The number of hydrogen-bond donors (Lipinski definition) is 0. The van der Waals surface area contributed by atoms with Gasteiger partial charge >= 0.3 is 5.97 Å². The van der Waals surface area contributed by atoms with Gasteiger partial charge in [0.1, 0.15) is 11.6 Å². The molecule has 3 aromatic rings. The molecule has 1 aromatic heterocycles. The van der Waals surface area contributed by atoms with E-state index in [1.54, 1.807) is 24.3 Å². The molecule has 0 aliphatic heterocycles. The van der Waals surface area contributed by atoms with Gasteiger partial charge in [-0.3, -0.25) is 0 Å². The first-order valence-electron chi connectivity index (χ1n) is 6.17. The van der Waals surface area contributed by atoms with Crippen LogP contribution in [-0.4, -0.2) is 16.2 Å². The molecule has 0 saturated heterocycles. The van der Waals surface area contributed by atoms with E-state index in [9.17, 15) is 9.18 Å². The summed E-state index contributed by atoms with van der Waals surface area (Å²) in [6.07, 6.45) is 1.23. The molecule has 0 unspecified atom stereocenters. The zero-order valence-corrected chi connectivity index (χ0v) is 12.6. The molecule has 0 aliphatic rings. The highest BCUT2D eigenvalue weighted by Crippen LogP contribution is 2.23. The van der Waals surface area contributed by atoms with Gasteiger partial charge in [-0.25, -0.2) is 9.18 Å². The lowest BCUT2D eigenvalue weighted by Crippen LogP contribution is -2.09. The van der Waals surface area contributed by atoms with Crippen LogP contribution in [-0.2, 0) is 0 Å². The van der Waals surface area contributed by atoms with E-state index in [0.717, 1.165) is 0 Å². The van der Waals surface area contributed by atoms with E-state index in [-0.39, 0.29) is 5.56 Å². The fourth-order valence-corrected chi connectivity index (χ4v) is 2.29. The Morgan fingerprint density at radius 2 is 1.95 bits per heavy atom. The normalized spacial score (nSPS) is 10.5. The zero-order chi connectivity index (χ0) is 15.5. The molecular weight excluding hydrogens is 355 g/mol. The van der Waals surface area contributed by atoms with E-state index in [0.29, 0.717) is 21.7 Å². The standard InChI is InChI=1S/C15H8BrFN2O3/c16-13-7-10(17)3-6-12(13)15(20)22-11-4-1-9(2-5-11)14-19-18-8-21-14/h1-8H. The predicted octanol–water partition coefficient (Wildman–Crippen LogP) is 3.86. The summed E-state index contributed by atoms with van der Waals surface area (Å²) < 4.78 is 23.6. The Bertz CT molecular complexity index is 804. The van der Waals surface area contributed by atoms with Gasteiger partial charge in [0.2, 0.25) is 12.3 Å². The molecule has 22 heavy (non-hydrogen) atoms. The summed E-state index contributed by atoms with van der Waals surface area (Å²) >= 11 is 3.13. The largest absolute Gasteiger partial charge is 0.423 e. The van der Waals surface area contributed by atoms with Crippen LogP contribution in [0.5, 0.6) is 5.75 Å². The van der Waals surface area contributed by atoms with Crippen LogP contribution >= 0.6 is 15.9 Å². The van der Waals surface area contributed by atoms with Crippen molar-refractivity contribution in [3.63, 3.8) is 0 Å². The Morgan fingerprint density at radius 1 is 1.18 bits per heavy atom. The molecule has 0 saturated carbocycles. The molecule has 0 bridgehead atoms. The minimum atomic E-state index is -0.586. The summed E-state index contributed by atoms with van der Waals surface area (Å²) in [4.78, 5) is 12.0. The lowest BCUT2D eigenvalue weighted by Gasteiger charge is -2.06. The molecule has 7 heteroatoms. The van der Waals surface area contributed by atoms with Crippen molar-refractivity contribution in [2.45, 2.75) is 0 Å². The number of esters is 1. The van der Waals surface area contributed by atoms with Crippen LogP contribution in [0.15, 0.2) is 57.7 Å². The van der Waals surface area contributed by atoms with E-state index < -0.39 is 11.8 Å².